The van der Waals surface area contributed by atoms with Crippen molar-refractivity contribution in [3.63, 3.8) is 0 Å². The maximum absolute atomic E-state index is 4.20. The standard InChI is InChI=1S/C15H32N6/c1-5-8-16-13-15-14-21(18-17-15)12-11-20(6-2)10-7-9-19(3)4/h14,16H,5-13H2,1-4H3. The number of nitrogens with zero attached hydrogens (tertiary/aromatic N) is 5. The molecule has 1 aromatic rings. The first-order valence-electron chi connectivity index (χ1n) is 8.12. The fourth-order valence-corrected chi connectivity index (χ4v) is 2.20. The number of hydrogen-bond donors (Lipinski definition) is 1. The van der Waals surface area contributed by atoms with Crippen molar-refractivity contribution in [3.8, 4) is 0 Å². The van der Waals surface area contributed by atoms with Crippen LogP contribution in [0.3, 0.4) is 0 Å². The van der Waals surface area contributed by atoms with Gasteiger partial charge in [-0.15, -0.1) is 5.10 Å². The van der Waals surface area contributed by atoms with Gasteiger partial charge in [-0.2, -0.15) is 0 Å². The van der Waals surface area contributed by atoms with Crippen LogP contribution in [0.25, 0.3) is 0 Å². The first kappa shape index (κ1) is 18.1. The number of hydrogen-bond acceptors (Lipinski definition) is 5. The monoisotopic (exact) mass is 296 g/mol. The molecule has 1 rings (SSSR count). The van der Waals surface area contributed by atoms with Crippen molar-refractivity contribution in [3.05, 3.63) is 11.9 Å². The number of likely N-dealkylation sites (N-methyl/N-ethyl adjacent to an activating group) is 1. The normalized spacial score (nSPS) is 11.7. The molecule has 0 aliphatic heterocycles. The molecule has 0 saturated heterocycles. The van der Waals surface area contributed by atoms with Gasteiger partial charge in [0.2, 0.25) is 0 Å². The molecule has 0 fully saturated rings. The van der Waals surface area contributed by atoms with Crippen LogP contribution in [0, 0.1) is 0 Å². The third-order valence-corrected chi connectivity index (χ3v) is 3.49. The van der Waals surface area contributed by atoms with Gasteiger partial charge in [-0.05, 0) is 53.1 Å². The summed E-state index contributed by atoms with van der Waals surface area (Å²) in [5, 5.41) is 11.8. The second-order valence-corrected chi connectivity index (χ2v) is 5.74. The maximum atomic E-state index is 4.20. The Labute approximate surface area is 129 Å². The molecule has 1 heterocycles. The van der Waals surface area contributed by atoms with Crippen molar-refractivity contribution in [2.45, 2.75) is 39.8 Å². The highest BCUT2D eigenvalue weighted by atomic mass is 15.4. The van der Waals surface area contributed by atoms with Gasteiger partial charge >= 0.3 is 0 Å². The van der Waals surface area contributed by atoms with E-state index < -0.39 is 0 Å². The lowest BCUT2D eigenvalue weighted by Crippen LogP contribution is -2.30. The average Bonchev–Trinajstić information content (AvgIpc) is 2.90. The minimum atomic E-state index is 0.814. The fraction of sp³-hybridized carbons (Fsp3) is 0.867. The van der Waals surface area contributed by atoms with E-state index in [0.29, 0.717) is 0 Å². The van der Waals surface area contributed by atoms with Crippen molar-refractivity contribution < 1.29 is 0 Å². The highest BCUT2D eigenvalue weighted by Crippen LogP contribution is 1.97. The lowest BCUT2D eigenvalue weighted by Gasteiger charge is -2.21. The molecule has 6 heteroatoms. The van der Waals surface area contributed by atoms with E-state index in [9.17, 15) is 0 Å². The van der Waals surface area contributed by atoms with E-state index in [1.807, 2.05) is 4.68 Å². The van der Waals surface area contributed by atoms with Crippen LogP contribution < -0.4 is 5.32 Å². The zero-order valence-electron chi connectivity index (χ0n) is 14.2. The molecule has 0 unspecified atom stereocenters. The van der Waals surface area contributed by atoms with E-state index in [4.69, 9.17) is 0 Å². The summed E-state index contributed by atoms with van der Waals surface area (Å²) in [5.74, 6) is 0. The van der Waals surface area contributed by atoms with E-state index in [1.54, 1.807) is 0 Å². The van der Waals surface area contributed by atoms with Gasteiger partial charge in [0.25, 0.3) is 0 Å². The average molecular weight is 296 g/mol. The summed E-state index contributed by atoms with van der Waals surface area (Å²) < 4.78 is 1.96. The molecular weight excluding hydrogens is 264 g/mol. The number of aromatic nitrogens is 3. The summed E-state index contributed by atoms with van der Waals surface area (Å²) in [7, 11) is 4.25. The molecule has 0 aliphatic carbocycles. The summed E-state index contributed by atoms with van der Waals surface area (Å²) in [6, 6.07) is 0. The van der Waals surface area contributed by atoms with Gasteiger partial charge in [0.15, 0.2) is 0 Å². The zero-order valence-corrected chi connectivity index (χ0v) is 14.2. The molecule has 0 amide bonds. The predicted octanol–water partition coefficient (Wildman–Crippen LogP) is 1.05. The third-order valence-electron chi connectivity index (χ3n) is 3.49. The predicted molar refractivity (Wildman–Crippen MR) is 87.3 cm³/mol. The first-order valence-corrected chi connectivity index (χ1v) is 8.12. The van der Waals surface area contributed by atoms with Gasteiger partial charge in [0.1, 0.15) is 0 Å². The van der Waals surface area contributed by atoms with E-state index in [-0.39, 0.29) is 0 Å². The summed E-state index contributed by atoms with van der Waals surface area (Å²) in [6.07, 6.45) is 4.41. The van der Waals surface area contributed by atoms with E-state index in [1.165, 1.54) is 6.42 Å². The largest absolute Gasteiger partial charge is 0.311 e. The van der Waals surface area contributed by atoms with Crippen LogP contribution in [0.2, 0.25) is 0 Å². The smallest absolute Gasteiger partial charge is 0.0964 e. The van der Waals surface area contributed by atoms with Gasteiger partial charge in [-0.3, -0.25) is 4.68 Å². The molecular formula is C15H32N6. The summed E-state index contributed by atoms with van der Waals surface area (Å²) in [5.41, 5.74) is 1.03. The highest BCUT2D eigenvalue weighted by Gasteiger charge is 2.05. The van der Waals surface area contributed by atoms with E-state index in [2.05, 4.69) is 59.6 Å². The van der Waals surface area contributed by atoms with E-state index in [0.717, 1.165) is 57.9 Å². The lowest BCUT2D eigenvalue weighted by molar-refractivity contribution is 0.253. The van der Waals surface area contributed by atoms with Crippen molar-refractivity contribution in [1.29, 1.82) is 0 Å². The van der Waals surface area contributed by atoms with Crippen molar-refractivity contribution in [2.75, 3.05) is 46.8 Å². The number of nitrogens with one attached hydrogen (secondary N) is 1. The van der Waals surface area contributed by atoms with Crippen LogP contribution >= 0.6 is 0 Å². The zero-order chi connectivity index (χ0) is 15.5. The first-order chi connectivity index (χ1) is 10.2. The molecule has 1 aromatic heterocycles. The Morgan fingerprint density at radius 2 is 2.00 bits per heavy atom. The lowest BCUT2D eigenvalue weighted by atomic mass is 10.3. The quantitative estimate of drug-likeness (QED) is 0.584. The van der Waals surface area contributed by atoms with Gasteiger partial charge < -0.3 is 15.1 Å². The number of rotatable bonds is 12. The minimum absolute atomic E-state index is 0.814. The molecule has 6 nitrogen and oxygen atoms in total. The van der Waals surface area contributed by atoms with Crippen LogP contribution in [0.15, 0.2) is 6.20 Å². The van der Waals surface area contributed by atoms with Gasteiger partial charge in [-0.25, -0.2) is 0 Å². The molecule has 0 radical (unpaired) electrons. The van der Waals surface area contributed by atoms with E-state index >= 15 is 0 Å². The molecule has 0 spiro atoms. The molecule has 0 aromatic carbocycles. The summed E-state index contributed by atoms with van der Waals surface area (Å²) in [6.45, 7) is 11.6. The molecule has 0 bridgehead atoms. The van der Waals surface area contributed by atoms with Gasteiger partial charge in [0, 0.05) is 19.3 Å². The molecule has 1 N–H and O–H groups in total. The highest BCUT2D eigenvalue weighted by molar-refractivity contribution is 4.91. The minimum Gasteiger partial charge on any atom is -0.311 e. The Bertz CT molecular complexity index is 363. The van der Waals surface area contributed by atoms with Gasteiger partial charge in [-0.1, -0.05) is 19.1 Å². The molecule has 0 saturated carbocycles. The maximum Gasteiger partial charge on any atom is 0.0964 e. The van der Waals surface area contributed by atoms with Crippen LogP contribution in [0.1, 0.15) is 32.4 Å². The molecule has 122 valence electrons. The fourth-order valence-electron chi connectivity index (χ4n) is 2.20. The second kappa shape index (κ2) is 10.7. The van der Waals surface area contributed by atoms with Crippen molar-refractivity contribution in [1.82, 2.24) is 30.1 Å². The van der Waals surface area contributed by atoms with Crippen LogP contribution in [0.5, 0.6) is 0 Å². The van der Waals surface area contributed by atoms with Crippen molar-refractivity contribution in [2.24, 2.45) is 0 Å². The van der Waals surface area contributed by atoms with Crippen LogP contribution in [-0.2, 0) is 13.1 Å². The third kappa shape index (κ3) is 8.14. The Kier molecular flexibility index (Phi) is 9.21. The molecule has 0 atom stereocenters. The van der Waals surface area contributed by atoms with Crippen molar-refractivity contribution >= 4 is 0 Å². The Morgan fingerprint density at radius 3 is 2.67 bits per heavy atom. The SMILES string of the molecule is CCCNCc1cn(CCN(CC)CCCN(C)C)nn1. The van der Waals surface area contributed by atoms with Gasteiger partial charge in [0.05, 0.1) is 12.2 Å². The van der Waals surface area contributed by atoms with Crippen LogP contribution in [-0.4, -0.2) is 71.6 Å². The summed E-state index contributed by atoms with van der Waals surface area (Å²) >= 11 is 0. The molecule has 21 heavy (non-hydrogen) atoms. The topological polar surface area (TPSA) is 49.2 Å². The Balaban J connectivity index is 2.25. The van der Waals surface area contributed by atoms with Crippen LogP contribution in [0.4, 0.5) is 0 Å². The second-order valence-electron chi connectivity index (χ2n) is 5.74. The Hall–Kier alpha value is -0.980. The summed E-state index contributed by atoms with van der Waals surface area (Å²) in [4.78, 5) is 4.71. The molecule has 0 aliphatic rings. The Morgan fingerprint density at radius 1 is 1.19 bits per heavy atom.